The number of para-hydroxylation sites is 1. The molecule has 0 atom stereocenters. The standard InChI is InChI=1S/C10H10O4/c1-8(12)13-7-14-10-5-3-2-4-9(10)6-11/h2-6H,7H2,1H3. The fourth-order valence-electron chi connectivity index (χ4n) is 0.885. The van der Waals surface area contributed by atoms with Crippen LogP contribution in [0.2, 0.25) is 0 Å². The van der Waals surface area contributed by atoms with Crippen LogP contribution in [-0.2, 0) is 9.53 Å². The minimum atomic E-state index is -0.423. The number of ether oxygens (including phenoxy) is 2. The second-order valence-electron chi connectivity index (χ2n) is 2.55. The van der Waals surface area contributed by atoms with E-state index in [2.05, 4.69) is 4.74 Å². The highest BCUT2D eigenvalue weighted by molar-refractivity contribution is 5.79. The fraction of sp³-hybridized carbons (Fsp3) is 0.200. The van der Waals surface area contributed by atoms with Crippen LogP contribution in [0.5, 0.6) is 5.75 Å². The molecule has 0 fully saturated rings. The van der Waals surface area contributed by atoms with Gasteiger partial charge in [0.2, 0.25) is 6.79 Å². The molecule has 1 aromatic carbocycles. The lowest BCUT2D eigenvalue weighted by Gasteiger charge is -2.06. The van der Waals surface area contributed by atoms with E-state index >= 15 is 0 Å². The van der Waals surface area contributed by atoms with E-state index in [-0.39, 0.29) is 6.79 Å². The Morgan fingerprint density at radius 1 is 1.43 bits per heavy atom. The summed E-state index contributed by atoms with van der Waals surface area (Å²) in [5.41, 5.74) is 0.430. The van der Waals surface area contributed by atoms with Gasteiger partial charge in [-0.2, -0.15) is 0 Å². The molecule has 0 heterocycles. The Kier molecular flexibility index (Phi) is 3.67. The van der Waals surface area contributed by atoms with Crippen molar-refractivity contribution in [3.63, 3.8) is 0 Å². The molecule has 0 bridgehead atoms. The number of hydrogen-bond acceptors (Lipinski definition) is 4. The lowest BCUT2D eigenvalue weighted by Crippen LogP contribution is -2.07. The first kappa shape index (κ1) is 10.2. The lowest BCUT2D eigenvalue weighted by atomic mass is 10.2. The van der Waals surface area contributed by atoms with Crippen molar-refractivity contribution in [3.8, 4) is 5.75 Å². The van der Waals surface area contributed by atoms with Crippen molar-refractivity contribution in [2.75, 3.05) is 6.79 Å². The average molecular weight is 194 g/mol. The Hall–Kier alpha value is -1.84. The third kappa shape index (κ3) is 2.90. The summed E-state index contributed by atoms with van der Waals surface area (Å²) in [5.74, 6) is -0.0164. The first-order valence-corrected chi connectivity index (χ1v) is 4.04. The smallest absolute Gasteiger partial charge is 0.305 e. The molecule has 14 heavy (non-hydrogen) atoms. The summed E-state index contributed by atoms with van der Waals surface area (Å²) < 4.78 is 9.63. The predicted octanol–water partition coefficient (Wildman–Crippen LogP) is 1.40. The molecule has 0 aliphatic rings. The first-order chi connectivity index (χ1) is 6.74. The topological polar surface area (TPSA) is 52.6 Å². The number of aldehydes is 1. The van der Waals surface area contributed by atoms with Crippen LogP contribution in [0.1, 0.15) is 17.3 Å². The van der Waals surface area contributed by atoms with Gasteiger partial charge in [-0.1, -0.05) is 12.1 Å². The summed E-state index contributed by atoms with van der Waals surface area (Å²) >= 11 is 0. The van der Waals surface area contributed by atoms with E-state index in [9.17, 15) is 9.59 Å². The van der Waals surface area contributed by atoms with Crippen molar-refractivity contribution in [2.24, 2.45) is 0 Å². The van der Waals surface area contributed by atoms with E-state index in [0.717, 1.165) is 0 Å². The molecule has 0 saturated carbocycles. The van der Waals surface area contributed by atoms with Crippen LogP contribution in [0.4, 0.5) is 0 Å². The minimum Gasteiger partial charge on any atom is -0.457 e. The summed E-state index contributed by atoms with van der Waals surface area (Å²) in [5, 5.41) is 0. The van der Waals surface area contributed by atoms with Crippen LogP contribution in [0.25, 0.3) is 0 Å². The van der Waals surface area contributed by atoms with E-state index in [1.54, 1.807) is 24.3 Å². The Morgan fingerprint density at radius 2 is 2.14 bits per heavy atom. The zero-order chi connectivity index (χ0) is 10.4. The van der Waals surface area contributed by atoms with E-state index in [1.165, 1.54) is 6.92 Å². The number of rotatable bonds is 4. The molecule has 74 valence electrons. The highest BCUT2D eigenvalue weighted by atomic mass is 16.7. The highest BCUT2D eigenvalue weighted by Crippen LogP contribution is 2.15. The van der Waals surface area contributed by atoms with Gasteiger partial charge >= 0.3 is 5.97 Å². The maximum atomic E-state index is 10.5. The predicted molar refractivity (Wildman–Crippen MR) is 49.1 cm³/mol. The Morgan fingerprint density at radius 3 is 2.79 bits per heavy atom. The van der Waals surface area contributed by atoms with E-state index in [1.807, 2.05) is 0 Å². The van der Waals surface area contributed by atoms with Crippen LogP contribution in [0.15, 0.2) is 24.3 Å². The van der Waals surface area contributed by atoms with Crippen molar-refractivity contribution >= 4 is 12.3 Å². The zero-order valence-corrected chi connectivity index (χ0v) is 7.73. The number of benzene rings is 1. The Balaban J connectivity index is 2.57. The second-order valence-corrected chi connectivity index (χ2v) is 2.55. The van der Waals surface area contributed by atoms with Crippen molar-refractivity contribution in [1.82, 2.24) is 0 Å². The minimum absolute atomic E-state index is 0.180. The van der Waals surface area contributed by atoms with Gasteiger partial charge in [-0.05, 0) is 12.1 Å². The largest absolute Gasteiger partial charge is 0.457 e. The van der Waals surface area contributed by atoms with Gasteiger partial charge in [0.25, 0.3) is 0 Å². The molecule has 0 unspecified atom stereocenters. The second kappa shape index (κ2) is 5.01. The molecule has 1 aromatic rings. The van der Waals surface area contributed by atoms with Gasteiger partial charge < -0.3 is 9.47 Å². The number of esters is 1. The van der Waals surface area contributed by atoms with Crippen LogP contribution in [0.3, 0.4) is 0 Å². The molecule has 0 aliphatic carbocycles. The van der Waals surface area contributed by atoms with Gasteiger partial charge in [-0.15, -0.1) is 0 Å². The third-order valence-electron chi connectivity index (χ3n) is 1.52. The number of carbonyl (C=O) groups is 2. The Labute approximate surface area is 81.4 Å². The van der Waals surface area contributed by atoms with Crippen LogP contribution in [-0.4, -0.2) is 19.0 Å². The summed E-state index contributed by atoms with van der Waals surface area (Å²) in [6.45, 7) is 1.11. The lowest BCUT2D eigenvalue weighted by molar-refractivity contribution is -0.147. The maximum absolute atomic E-state index is 10.5. The Bertz CT molecular complexity index is 333. The summed E-state index contributed by atoms with van der Waals surface area (Å²) in [6.07, 6.45) is 0.684. The fourth-order valence-corrected chi connectivity index (χ4v) is 0.885. The van der Waals surface area contributed by atoms with E-state index in [0.29, 0.717) is 17.6 Å². The van der Waals surface area contributed by atoms with Crippen molar-refractivity contribution < 1.29 is 19.1 Å². The van der Waals surface area contributed by atoms with E-state index in [4.69, 9.17) is 4.74 Å². The summed E-state index contributed by atoms with van der Waals surface area (Å²) in [7, 11) is 0. The molecule has 0 N–H and O–H groups in total. The van der Waals surface area contributed by atoms with Gasteiger partial charge in [-0.25, -0.2) is 0 Å². The highest BCUT2D eigenvalue weighted by Gasteiger charge is 2.01. The quantitative estimate of drug-likeness (QED) is 0.413. The molecular weight excluding hydrogens is 184 g/mol. The van der Waals surface area contributed by atoms with Gasteiger partial charge in [0.1, 0.15) is 5.75 Å². The molecule has 4 nitrogen and oxygen atoms in total. The van der Waals surface area contributed by atoms with Crippen molar-refractivity contribution in [1.29, 1.82) is 0 Å². The molecule has 0 aliphatic heterocycles. The molecule has 1 rings (SSSR count). The van der Waals surface area contributed by atoms with Gasteiger partial charge in [0, 0.05) is 6.92 Å². The molecule has 0 saturated heterocycles. The normalized spacial score (nSPS) is 9.21. The third-order valence-corrected chi connectivity index (χ3v) is 1.52. The maximum Gasteiger partial charge on any atom is 0.305 e. The van der Waals surface area contributed by atoms with Crippen molar-refractivity contribution in [3.05, 3.63) is 29.8 Å². The number of carbonyl (C=O) groups excluding carboxylic acids is 2. The van der Waals surface area contributed by atoms with Gasteiger partial charge in [0.05, 0.1) is 5.56 Å². The summed E-state index contributed by atoms with van der Waals surface area (Å²) in [6, 6.07) is 6.71. The molecule has 0 radical (unpaired) electrons. The van der Waals surface area contributed by atoms with Crippen LogP contribution in [0, 0.1) is 0 Å². The van der Waals surface area contributed by atoms with Gasteiger partial charge in [0.15, 0.2) is 6.29 Å². The molecule has 0 amide bonds. The molecule has 0 aromatic heterocycles. The molecular formula is C10H10O4. The molecule has 4 heteroatoms. The van der Waals surface area contributed by atoms with Crippen molar-refractivity contribution in [2.45, 2.75) is 6.92 Å². The number of hydrogen-bond donors (Lipinski definition) is 0. The SMILES string of the molecule is CC(=O)OCOc1ccccc1C=O. The first-order valence-electron chi connectivity index (χ1n) is 4.04. The van der Waals surface area contributed by atoms with E-state index < -0.39 is 5.97 Å². The van der Waals surface area contributed by atoms with Crippen LogP contribution >= 0.6 is 0 Å². The van der Waals surface area contributed by atoms with Crippen LogP contribution < -0.4 is 4.74 Å². The van der Waals surface area contributed by atoms with Gasteiger partial charge in [-0.3, -0.25) is 9.59 Å². The zero-order valence-electron chi connectivity index (χ0n) is 7.73. The monoisotopic (exact) mass is 194 g/mol. The summed E-state index contributed by atoms with van der Waals surface area (Å²) in [4.78, 5) is 21.0. The average Bonchev–Trinajstić information content (AvgIpc) is 2.18. The molecule has 0 spiro atoms.